The van der Waals surface area contributed by atoms with Gasteiger partial charge in [0.2, 0.25) is 0 Å². The number of aryl methyl sites for hydroxylation is 1. The molecule has 0 radical (unpaired) electrons. The molecule has 0 amide bonds. The van der Waals surface area contributed by atoms with E-state index in [1.54, 1.807) is 0 Å². The standard InChI is InChI=1S/C19H27N3/c1-6-8-16-13-22(15(4)18-10-14(3)11-21-18)19(9-7-2)17(16)12-20-5/h6,9-11,15,21H,1,5,7-8,12-13H2,2-4H3/b19-9-. The third kappa shape index (κ3) is 3.24. The monoisotopic (exact) mass is 297 g/mol. The van der Waals surface area contributed by atoms with Crippen molar-refractivity contribution in [2.45, 2.75) is 39.7 Å². The number of H-pyrrole nitrogens is 1. The molecule has 0 spiro atoms. The van der Waals surface area contributed by atoms with Crippen LogP contribution in [0.15, 0.2) is 52.8 Å². The van der Waals surface area contributed by atoms with Crippen molar-refractivity contribution in [1.82, 2.24) is 9.88 Å². The molecular weight excluding hydrogens is 270 g/mol. The highest BCUT2D eigenvalue weighted by molar-refractivity contribution is 5.45. The van der Waals surface area contributed by atoms with Crippen LogP contribution in [-0.4, -0.2) is 29.7 Å². The van der Waals surface area contributed by atoms with Crippen LogP contribution in [0.5, 0.6) is 0 Å². The third-order valence-electron chi connectivity index (χ3n) is 4.23. The number of aromatic nitrogens is 1. The summed E-state index contributed by atoms with van der Waals surface area (Å²) in [5, 5.41) is 0. The second-order valence-corrected chi connectivity index (χ2v) is 5.89. The average Bonchev–Trinajstić information content (AvgIpc) is 3.06. The molecule has 1 unspecified atom stereocenters. The number of aliphatic imine (C=N–C) groups is 1. The number of nitrogens with one attached hydrogen (secondary N) is 1. The summed E-state index contributed by atoms with van der Waals surface area (Å²) in [5.41, 5.74) is 6.58. The van der Waals surface area contributed by atoms with Crippen LogP contribution in [-0.2, 0) is 0 Å². The number of aromatic amines is 1. The van der Waals surface area contributed by atoms with E-state index in [2.05, 4.69) is 67.3 Å². The molecular formula is C19H27N3. The van der Waals surface area contributed by atoms with Crippen molar-refractivity contribution in [2.75, 3.05) is 13.1 Å². The maximum absolute atomic E-state index is 4.14. The maximum atomic E-state index is 4.14. The Morgan fingerprint density at radius 3 is 2.82 bits per heavy atom. The normalized spacial score (nSPS) is 18.1. The van der Waals surface area contributed by atoms with E-state index >= 15 is 0 Å². The number of hydrogen-bond donors (Lipinski definition) is 1. The van der Waals surface area contributed by atoms with Crippen LogP contribution in [0.1, 0.15) is 44.0 Å². The smallest absolute Gasteiger partial charge is 0.0667 e. The first-order valence-corrected chi connectivity index (χ1v) is 7.98. The molecule has 118 valence electrons. The molecule has 0 saturated heterocycles. The molecule has 3 nitrogen and oxygen atoms in total. The van der Waals surface area contributed by atoms with E-state index in [0.717, 1.165) is 19.4 Å². The lowest BCUT2D eigenvalue weighted by molar-refractivity contribution is 0.308. The second kappa shape index (κ2) is 7.30. The van der Waals surface area contributed by atoms with Gasteiger partial charge in [0.1, 0.15) is 0 Å². The zero-order valence-electron chi connectivity index (χ0n) is 14.0. The van der Waals surface area contributed by atoms with Crippen molar-refractivity contribution in [3.8, 4) is 0 Å². The Morgan fingerprint density at radius 2 is 2.27 bits per heavy atom. The van der Waals surface area contributed by atoms with Gasteiger partial charge in [0.15, 0.2) is 0 Å². The Hall–Kier alpha value is -2.03. The predicted molar refractivity (Wildman–Crippen MR) is 95.3 cm³/mol. The first-order valence-electron chi connectivity index (χ1n) is 7.98. The molecule has 22 heavy (non-hydrogen) atoms. The van der Waals surface area contributed by atoms with Crippen LogP contribution in [0.25, 0.3) is 0 Å². The van der Waals surface area contributed by atoms with Crippen molar-refractivity contribution in [3.63, 3.8) is 0 Å². The predicted octanol–water partition coefficient (Wildman–Crippen LogP) is 4.57. The minimum Gasteiger partial charge on any atom is -0.363 e. The molecule has 0 bridgehead atoms. The Labute approximate surface area is 134 Å². The minimum absolute atomic E-state index is 0.314. The van der Waals surface area contributed by atoms with Gasteiger partial charge in [0.05, 0.1) is 12.6 Å². The van der Waals surface area contributed by atoms with Crippen LogP contribution in [0.2, 0.25) is 0 Å². The van der Waals surface area contributed by atoms with Gasteiger partial charge >= 0.3 is 0 Å². The molecule has 1 atom stereocenters. The minimum atomic E-state index is 0.314. The Bertz CT molecular complexity index is 604. The van der Waals surface area contributed by atoms with E-state index in [1.165, 1.54) is 28.1 Å². The molecule has 1 aromatic heterocycles. The lowest BCUT2D eigenvalue weighted by Gasteiger charge is -2.28. The van der Waals surface area contributed by atoms with Crippen LogP contribution in [0.3, 0.4) is 0 Å². The molecule has 0 saturated carbocycles. The fourth-order valence-corrected chi connectivity index (χ4v) is 3.12. The van der Waals surface area contributed by atoms with Gasteiger partial charge in [-0.05, 0) is 56.2 Å². The largest absolute Gasteiger partial charge is 0.363 e. The van der Waals surface area contributed by atoms with Gasteiger partial charge in [-0.15, -0.1) is 6.58 Å². The lowest BCUT2D eigenvalue weighted by atomic mass is 10.1. The van der Waals surface area contributed by atoms with Crippen molar-refractivity contribution < 1.29 is 0 Å². The van der Waals surface area contributed by atoms with Crippen LogP contribution >= 0.6 is 0 Å². The van der Waals surface area contributed by atoms with Gasteiger partial charge < -0.3 is 9.88 Å². The zero-order chi connectivity index (χ0) is 16.1. The summed E-state index contributed by atoms with van der Waals surface area (Å²) in [6.45, 7) is 15.8. The average molecular weight is 297 g/mol. The van der Waals surface area contributed by atoms with Crippen LogP contribution < -0.4 is 0 Å². The number of nitrogens with zero attached hydrogens (tertiary/aromatic N) is 2. The Kier molecular flexibility index (Phi) is 5.42. The van der Waals surface area contributed by atoms with E-state index in [1.807, 2.05) is 6.08 Å². The highest BCUT2D eigenvalue weighted by atomic mass is 15.2. The molecule has 0 aromatic carbocycles. The van der Waals surface area contributed by atoms with Crippen molar-refractivity contribution in [3.05, 3.63) is 59.1 Å². The summed E-state index contributed by atoms with van der Waals surface area (Å²) < 4.78 is 0. The summed E-state index contributed by atoms with van der Waals surface area (Å²) in [4.78, 5) is 10.00. The molecule has 1 aromatic rings. The van der Waals surface area contributed by atoms with Gasteiger partial charge in [0, 0.05) is 24.1 Å². The third-order valence-corrected chi connectivity index (χ3v) is 4.23. The van der Waals surface area contributed by atoms with Crippen LogP contribution in [0.4, 0.5) is 0 Å². The summed E-state index contributed by atoms with van der Waals surface area (Å²) in [7, 11) is 0. The van der Waals surface area contributed by atoms with Crippen molar-refractivity contribution in [1.29, 1.82) is 0 Å². The number of allylic oxidation sites excluding steroid dienone is 2. The topological polar surface area (TPSA) is 31.4 Å². The number of rotatable bonds is 7. The fourth-order valence-electron chi connectivity index (χ4n) is 3.12. The Morgan fingerprint density at radius 1 is 1.50 bits per heavy atom. The first kappa shape index (κ1) is 16.3. The highest BCUT2D eigenvalue weighted by Crippen LogP contribution is 2.37. The molecule has 2 heterocycles. The van der Waals surface area contributed by atoms with E-state index in [-0.39, 0.29) is 0 Å². The van der Waals surface area contributed by atoms with Gasteiger partial charge in [-0.3, -0.25) is 4.99 Å². The van der Waals surface area contributed by atoms with E-state index < -0.39 is 0 Å². The van der Waals surface area contributed by atoms with E-state index in [9.17, 15) is 0 Å². The van der Waals surface area contributed by atoms with E-state index in [4.69, 9.17) is 0 Å². The van der Waals surface area contributed by atoms with Gasteiger partial charge in [-0.25, -0.2) is 0 Å². The first-order chi connectivity index (χ1) is 10.6. The zero-order valence-corrected chi connectivity index (χ0v) is 14.0. The van der Waals surface area contributed by atoms with Gasteiger partial charge in [-0.2, -0.15) is 0 Å². The highest BCUT2D eigenvalue weighted by Gasteiger charge is 2.29. The molecule has 2 rings (SSSR count). The Balaban J connectivity index is 2.35. The quantitative estimate of drug-likeness (QED) is 0.580. The van der Waals surface area contributed by atoms with Gasteiger partial charge in [0.25, 0.3) is 0 Å². The molecule has 0 fully saturated rings. The molecule has 0 aliphatic carbocycles. The van der Waals surface area contributed by atoms with Crippen LogP contribution in [0, 0.1) is 6.92 Å². The number of hydrogen-bond acceptors (Lipinski definition) is 2. The summed E-state index contributed by atoms with van der Waals surface area (Å²) in [6, 6.07) is 2.54. The molecule has 1 aliphatic rings. The fraction of sp³-hybridized carbons (Fsp3) is 0.421. The molecule has 1 N–H and O–H groups in total. The maximum Gasteiger partial charge on any atom is 0.0667 e. The molecule has 1 aliphatic heterocycles. The van der Waals surface area contributed by atoms with Crippen molar-refractivity contribution >= 4 is 6.72 Å². The summed E-state index contributed by atoms with van der Waals surface area (Å²) in [5.74, 6) is 0. The molecule has 3 heteroatoms. The second-order valence-electron chi connectivity index (χ2n) is 5.89. The summed E-state index contributed by atoms with van der Waals surface area (Å²) >= 11 is 0. The van der Waals surface area contributed by atoms with E-state index in [0.29, 0.717) is 12.6 Å². The lowest BCUT2D eigenvalue weighted by Crippen LogP contribution is -2.24. The van der Waals surface area contributed by atoms with Crippen molar-refractivity contribution in [2.24, 2.45) is 4.99 Å². The summed E-state index contributed by atoms with van der Waals surface area (Å²) in [6.07, 6.45) is 8.29. The SMILES string of the molecule is C=CCC1=C(CN=C)/C(=C/CC)N(C(C)c2cc(C)c[nH]2)C1. The van der Waals surface area contributed by atoms with Gasteiger partial charge in [-0.1, -0.05) is 19.1 Å².